The smallest absolute Gasteiger partial charge is 0.274 e. The summed E-state index contributed by atoms with van der Waals surface area (Å²) < 4.78 is 5.21. The number of hydrogen-bond donors (Lipinski definition) is 2. The van der Waals surface area contributed by atoms with E-state index in [1.165, 1.54) is 19.4 Å². The maximum absolute atomic E-state index is 12.5. The van der Waals surface area contributed by atoms with Crippen LogP contribution >= 0.6 is 11.6 Å². The number of rotatable bonds is 8. The van der Waals surface area contributed by atoms with Crippen molar-refractivity contribution in [1.29, 1.82) is 0 Å². The molecule has 2 rings (SSSR count). The SMILES string of the molecule is COc1ccc(Cl)cc1NC(=O)c1cc(C(=O)NCCCN(C)C)ccn1. The number of methoxy groups -OCH3 is 1. The van der Waals surface area contributed by atoms with Gasteiger partial charge in [0.15, 0.2) is 0 Å². The van der Waals surface area contributed by atoms with E-state index in [1.807, 2.05) is 19.0 Å². The minimum atomic E-state index is -0.460. The van der Waals surface area contributed by atoms with E-state index < -0.39 is 5.91 Å². The number of pyridine rings is 1. The minimum Gasteiger partial charge on any atom is -0.495 e. The monoisotopic (exact) mass is 390 g/mol. The standard InChI is InChI=1S/C19H23ClN4O3/c1-24(2)10-4-8-22-18(25)13-7-9-21-16(11-13)19(26)23-15-12-14(20)5-6-17(15)27-3/h5-7,9,11-12H,4,8,10H2,1-3H3,(H,22,25)(H,23,26). The van der Waals surface area contributed by atoms with Crippen LogP contribution in [0.1, 0.15) is 27.3 Å². The Kier molecular flexibility index (Phi) is 7.57. The van der Waals surface area contributed by atoms with Crippen LogP contribution in [0.2, 0.25) is 5.02 Å². The molecule has 0 radical (unpaired) electrons. The van der Waals surface area contributed by atoms with Gasteiger partial charge in [-0.2, -0.15) is 0 Å². The first-order chi connectivity index (χ1) is 12.9. The van der Waals surface area contributed by atoms with E-state index in [4.69, 9.17) is 16.3 Å². The van der Waals surface area contributed by atoms with E-state index in [0.717, 1.165) is 13.0 Å². The molecule has 7 nitrogen and oxygen atoms in total. The molecule has 8 heteroatoms. The van der Waals surface area contributed by atoms with Crippen LogP contribution in [-0.4, -0.2) is 56.0 Å². The lowest BCUT2D eigenvalue weighted by Gasteiger charge is -2.11. The van der Waals surface area contributed by atoms with Crippen LogP contribution in [0.3, 0.4) is 0 Å². The number of hydrogen-bond acceptors (Lipinski definition) is 5. The second-order valence-corrected chi connectivity index (χ2v) is 6.58. The molecule has 0 saturated carbocycles. The maximum atomic E-state index is 12.5. The Morgan fingerprint density at radius 3 is 2.67 bits per heavy atom. The average molecular weight is 391 g/mol. The normalized spacial score (nSPS) is 10.6. The summed E-state index contributed by atoms with van der Waals surface area (Å²) in [5.74, 6) is -0.231. The number of anilines is 1. The molecule has 0 atom stereocenters. The molecule has 0 aliphatic heterocycles. The quantitative estimate of drug-likeness (QED) is 0.677. The largest absolute Gasteiger partial charge is 0.495 e. The Morgan fingerprint density at radius 1 is 1.19 bits per heavy atom. The number of carbonyl (C=O) groups is 2. The fourth-order valence-corrected chi connectivity index (χ4v) is 2.53. The van der Waals surface area contributed by atoms with Crippen LogP contribution < -0.4 is 15.4 Å². The number of benzene rings is 1. The van der Waals surface area contributed by atoms with Crippen LogP contribution in [0, 0.1) is 0 Å². The molecular weight excluding hydrogens is 368 g/mol. The predicted octanol–water partition coefficient (Wildman–Crippen LogP) is 2.68. The lowest BCUT2D eigenvalue weighted by atomic mass is 10.2. The van der Waals surface area contributed by atoms with Crippen molar-refractivity contribution < 1.29 is 14.3 Å². The van der Waals surface area contributed by atoms with Crippen molar-refractivity contribution >= 4 is 29.1 Å². The van der Waals surface area contributed by atoms with Crippen LogP contribution in [0.4, 0.5) is 5.69 Å². The van der Waals surface area contributed by atoms with Gasteiger partial charge in [0, 0.05) is 23.3 Å². The van der Waals surface area contributed by atoms with Crippen LogP contribution in [0.15, 0.2) is 36.5 Å². The highest BCUT2D eigenvalue weighted by atomic mass is 35.5. The Morgan fingerprint density at radius 2 is 1.96 bits per heavy atom. The third-order valence-electron chi connectivity index (χ3n) is 3.73. The van der Waals surface area contributed by atoms with Gasteiger partial charge in [-0.25, -0.2) is 0 Å². The lowest BCUT2D eigenvalue weighted by molar-refractivity contribution is 0.0952. The second kappa shape index (κ2) is 9.89. The van der Waals surface area contributed by atoms with Crippen LogP contribution in [-0.2, 0) is 0 Å². The van der Waals surface area contributed by atoms with Gasteiger partial charge in [0.1, 0.15) is 11.4 Å². The van der Waals surface area contributed by atoms with E-state index >= 15 is 0 Å². The Hall–Kier alpha value is -2.64. The van der Waals surface area contributed by atoms with Crippen LogP contribution in [0.25, 0.3) is 0 Å². The molecule has 0 saturated heterocycles. The van der Waals surface area contributed by atoms with Crippen LogP contribution in [0.5, 0.6) is 5.75 Å². The number of carbonyl (C=O) groups excluding carboxylic acids is 2. The molecule has 2 aromatic rings. The summed E-state index contributed by atoms with van der Waals surface area (Å²) in [4.78, 5) is 30.8. The van der Waals surface area contributed by atoms with Crippen molar-refractivity contribution in [2.45, 2.75) is 6.42 Å². The van der Waals surface area contributed by atoms with Gasteiger partial charge in [-0.1, -0.05) is 11.6 Å². The fourth-order valence-electron chi connectivity index (χ4n) is 2.36. The molecule has 0 fully saturated rings. The van der Waals surface area contributed by atoms with Gasteiger partial charge in [-0.15, -0.1) is 0 Å². The molecule has 27 heavy (non-hydrogen) atoms. The molecule has 2 amide bonds. The molecule has 144 valence electrons. The molecule has 0 bridgehead atoms. The van der Waals surface area contributed by atoms with Gasteiger partial charge in [0.25, 0.3) is 11.8 Å². The van der Waals surface area contributed by atoms with Crippen molar-refractivity contribution in [1.82, 2.24) is 15.2 Å². The fraction of sp³-hybridized carbons (Fsp3) is 0.316. The summed E-state index contributed by atoms with van der Waals surface area (Å²) in [5, 5.41) is 6.00. The number of aromatic nitrogens is 1. The minimum absolute atomic E-state index is 0.123. The first kappa shape index (κ1) is 20.7. The van der Waals surface area contributed by atoms with Crippen molar-refractivity contribution in [2.75, 3.05) is 39.6 Å². The molecule has 0 aliphatic rings. The highest BCUT2D eigenvalue weighted by molar-refractivity contribution is 6.31. The van der Waals surface area contributed by atoms with E-state index in [1.54, 1.807) is 24.3 Å². The third kappa shape index (κ3) is 6.23. The zero-order chi connectivity index (χ0) is 19.8. The highest BCUT2D eigenvalue weighted by Crippen LogP contribution is 2.28. The molecule has 0 unspecified atom stereocenters. The van der Waals surface area contributed by atoms with Gasteiger partial charge < -0.3 is 20.3 Å². The van der Waals surface area contributed by atoms with E-state index in [0.29, 0.717) is 28.6 Å². The Balaban J connectivity index is 2.05. The summed E-state index contributed by atoms with van der Waals surface area (Å²) in [6.07, 6.45) is 2.27. The summed E-state index contributed by atoms with van der Waals surface area (Å²) in [7, 11) is 5.45. The van der Waals surface area contributed by atoms with Gasteiger partial charge >= 0.3 is 0 Å². The van der Waals surface area contributed by atoms with E-state index in [2.05, 4.69) is 15.6 Å². The topological polar surface area (TPSA) is 83.6 Å². The zero-order valence-electron chi connectivity index (χ0n) is 15.6. The summed E-state index contributed by atoms with van der Waals surface area (Å²) in [5.41, 5.74) is 0.923. The summed E-state index contributed by atoms with van der Waals surface area (Å²) >= 11 is 5.97. The van der Waals surface area contributed by atoms with E-state index in [-0.39, 0.29) is 11.6 Å². The van der Waals surface area contributed by atoms with Gasteiger partial charge in [0.2, 0.25) is 0 Å². The predicted molar refractivity (Wildman–Crippen MR) is 106 cm³/mol. The second-order valence-electron chi connectivity index (χ2n) is 6.14. The molecule has 2 N–H and O–H groups in total. The Labute approximate surface area is 163 Å². The van der Waals surface area contributed by atoms with E-state index in [9.17, 15) is 9.59 Å². The van der Waals surface area contributed by atoms with Crippen molar-refractivity contribution in [3.63, 3.8) is 0 Å². The number of ether oxygens (including phenoxy) is 1. The van der Waals surface area contributed by atoms with Crippen molar-refractivity contribution in [3.05, 3.63) is 52.8 Å². The number of halogens is 1. The van der Waals surface area contributed by atoms with Crippen molar-refractivity contribution in [2.24, 2.45) is 0 Å². The molecule has 0 aliphatic carbocycles. The third-order valence-corrected chi connectivity index (χ3v) is 3.97. The molecule has 1 aromatic heterocycles. The summed E-state index contributed by atoms with van der Waals surface area (Å²) in [6.45, 7) is 1.44. The van der Waals surface area contributed by atoms with Crippen molar-refractivity contribution in [3.8, 4) is 5.75 Å². The molecule has 1 heterocycles. The number of amides is 2. The molecular formula is C19H23ClN4O3. The zero-order valence-corrected chi connectivity index (χ0v) is 16.3. The number of nitrogens with zero attached hydrogens (tertiary/aromatic N) is 2. The summed E-state index contributed by atoms with van der Waals surface area (Å²) in [6, 6.07) is 7.92. The van der Waals surface area contributed by atoms with Gasteiger partial charge in [0.05, 0.1) is 12.8 Å². The molecule has 1 aromatic carbocycles. The first-order valence-corrected chi connectivity index (χ1v) is 8.82. The lowest BCUT2D eigenvalue weighted by Crippen LogP contribution is -2.27. The maximum Gasteiger partial charge on any atom is 0.274 e. The number of nitrogens with one attached hydrogen (secondary N) is 2. The Bertz CT molecular complexity index is 811. The van der Waals surface area contributed by atoms with Gasteiger partial charge in [-0.3, -0.25) is 14.6 Å². The first-order valence-electron chi connectivity index (χ1n) is 8.44. The molecule has 0 spiro atoms. The van der Waals surface area contributed by atoms with Gasteiger partial charge in [-0.05, 0) is 57.4 Å². The highest BCUT2D eigenvalue weighted by Gasteiger charge is 2.14. The average Bonchev–Trinajstić information content (AvgIpc) is 2.65.